The summed E-state index contributed by atoms with van der Waals surface area (Å²) in [6.45, 7) is 4.82. The second-order valence-corrected chi connectivity index (χ2v) is 5.64. The second-order valence-electron chi connectivity index (χ2n) is 5.26. The Kier molecular flexibility index (Phi) is 5.37. The molecule has 1 atom stereocenters. The summed E-state index contributed by atoms with van der Waals surface area (Å²) in [5, 5.41) is 8.50. The lowest BCUT2D eigenvalue weighted by molar-refractivity contribution is 0.503. The predicted octanol–water partition coefficient (Wildman–Crippen LogP) is 3.28. The maximum atomic E-state index is 13.3. The number of likely N-dealkylation sites (N-methyl/N-ethyl adjacent to an activating group) is 1. The summed E-state index contributed by atoms with van der Waals surface area (Å²) in [7, 11) is 1.90. The fourth-order valence-electron chi connectivity index (χ4n) is 2.59. The topological polar surface area (TPSA) is 29.9 Å². The van der Waals surface area contributed by atoms with E-state index in [-0.39, 0.29) is 11.9 Å². The van der Waals surface area contributed by atoms with E-state index in [0.29, 0.717) is 0 Å². The molecule has 21 heavy (non-hydrogen) atoms. The van der Waals surface area contributed by atoms with E-state index in [1.165, 1.54) is 6.07 Å². The predicted molar refractivity (Wildman–Crippen MR) is 84.2 cm³/mol. The first-order valence-electron chi connectivity index (χ1n) is 7.17. The van der Waals surface area contributed by atoms with Crippen molar-refractivity contribution < 1.29 is 4.39 Å². The second kappa shape index (κ2) is 7.05. The summed E-state index contributed by atoms with van der Waals surface area (Å²) in [6, 6.07) is 6.94. The van der Waals surface area contributed by atoms with Crippen molar-refractivity contribution in [2.45, 2.75) is 32.7 Å². The molecule has 0 bridgehead atoms. The van der Waals surface area contributed by atoms with E-state index in [0.717, 1.165) is 41.4 Å². The average molecular weight is 310 g/mol. The van der Waals surface area contributed by atoms with Crippen LogP contribution < -0.4 is 5.32 Å². The number of hydrogen-bond donors (Lipinski definition) is 1. The molecule has 2 rings (SSSR count). The third-order valence-electron chi connectivity index (χ3n) is 3.57. The van der Waals surface area contributed by atoms with Gasteiger partial charge in [-0.3, -0.25) is 4.68 Å². The molecule has 1 aromatic heterocycles. The number of aryl methyl sites for hydroxylation is 2. The normalized spacial score (nSPS) is 12.6. The zero-order chi connectivity index (χ0) is 15.4. The van der Waals surface area contributed by atoms with Crippen LogP contribution in [-0.4, -0.2) is 22.4 Å². The Morgan fingerprint density at radius 1 is 1.38 bits per heavy atom. The minimum Gasteiger partial charge on any atom is -0.314 e. The number of nitrogens with one attached hydrogen (secondary N) is 1. The molecule has 0 saturated heterocycles. The number of nitrogens with zero attached hydrogens (tertiary/aromatic N) is 2. The molecule has 1 unspecified atom stereocenters. The first kappa shape index (κ1) is 16.0. The molecule has 1 aromatic carbocycles. The molecule has 0 aliphatic carbocycles. The van der Waals surface area contributed by atoms with E-state index in [9.17, 15) is 4.39 Å². The van der Waals surface area contributed by atoms with Gasteiger partial charge in [0, 0.05) is 19.5 Å². The van der Waals surface area contributed by atoms with Gasteiger partial charge in [-0.15, -0.1) is 0 Å². The lowest BCUT2D eigenvalue weighted by atomic mass is 10.0. The summed E-state index contributed by atoms with van der Waals surface area (Å²) < 4.78 is 15.1. The first-order valence-corrected chi connectivity index (χ1v) is 7.54. The van der Waals surface area contributed by atoms with Crippen LogP contribution in [0.1, 0.15) is 23.9 Å². The van der Waals surface area contributed by atoms with Gasteiger partial charge in [-0.05, 0) is 37.6 Å². The Morgan fingerprint density at radius 3 is 2.71 bits per heavy atom. The van der Waals surface area contributed by atoms with Crippen LogP contribution in [0.3, 0.4) is 0 Å². The van der Waals surface area contributed by atoms with Gasteiger partial charge < -0.3 is 5.32 Å². The molecule has 0 aliphatic rings. The van der Waals surface area contributed by atoms with Gasteiger partial charge in [-0.25, -0.2) is 4.39 Å². The Labute approximate surface area is 130 Å². The Bertz CT molecular complexity index is 610. The van der Waals surface area contributed by atoms with E-state index in [4.69, 9.17) is 11.6 Å². The molecule has 3 nitrogen and oxygen atoms in total. The van der Waals surface area contributed by atoms with E-state index in [2.05, 4.69) is 17.3 Å². The van der Waals surface area contributed by atoms with Gasteiger partial charge >= 0.3 is 0 Å². The summed E-state index contributed by atoms with van der Waals surface area (Å²) >= 11 is 6.32. The van der Waals surface area contributed by atoms with Crippen molar-refractivity contribution in [2.75, 3.05) is 6.54 Å². The molecule has 0 fully saturated rings. The first-order chi connectivity index (χ1) is 10.0. The lowest BCUT2D eigenvalue weighted by Crippen LogP contribution is -2.33. The Balaban J connectivity index is 2.15. The van der Waals surface area contributed by atoms with Crippen LogP contribution in [0.2, 0.25) is 5.02 Å². The average Bonchev–Trinajstić information content (AvgIpc) is 2.66. The number of aromatic nitrogens is 2. The number of hydrogen-bond acceptors (Lipinski definition) is 2. The van der Waals surface area contributed by atoms with Gasteiger partial charge in [-0.1, -0.05) is 30.7 Å². The fraction of sp³-hybridized carbons (Fsp3) is 0.438. The maximum Gasteiger partial charge on any atom is 0.123 e. The highest BCUT2D eigenvalue weighted by molar-refractivity contribution is 6.31. The molecule has 114 valence electrons. The van der Waals surface area contributed by atoms with Crippen LogP contribution >= 0.6 is 11.6 Å². The molecule has 0 saturated carbocycles. The van der Waals surface area contributed by atoms with Crippen molar-refractivity contribution in [3.63, 3.8) is 0 Å². The van der Waals surface area contributed by atoms with Gasteiger partial charge in [0.15, 0.2) is 0 Å². The van der Waals surface area contributed by atoms with Crippen molar-refractivity contribution in [2.24, 2.45) is 7.05 Å². The molecule has 0 aliphatic heterocycles. The largest absolute Gasteiger partial charge is 0.314 e. The monoisotopic (exact) mass is 309 g/mol. The van der Waals surface area contributed by atoms with E-state index < -0.39 is 0 Å². The molecule has 0 amide bonds. The molecule has 0 spiro atoms. The number of halogens is 2. The molecule has 5 heteroatoms. The standard InChI is InChI=1S/C16H21ClFN3/c1-4-19-14(9-12-6-5-7-13(18)8-12)10-15-16(17)11(2)20-21(15)3/h5-8,14,19H,4,9-10H2,1-3H3. The van der Waals surface area contributed by atoms with Crippen LogP contribution in [0.25, 0.3) is 0 Å². The SMILES string of the molecule is CCNC(Cc1cccc(F)c1)Cc1c(Cl)c(C)nn1C. The van der Waals surface area contributed by atoms with E-state index in [1.54, 1.807) is 12.1 Å². The number of benzene rings is 1. The zero-order valence-corrected chi connectivity index (χ0v) is 13.4. The van der Waals surface area contributed by atoms with Crippen molar-refractivity contribution in [1.82, 2.24) is 15.1 Å². The molecule has 0 radical (unpaired) electrons. The van der Waals surface area contributed by atoms with Gasteiger partial charge in [-0.2, -0.15) is 5.10 Å². The Hall–Kier alpha value is -1.39. The highest BCUT2D eigenvalue weighted by atomic mass is 35.5. The maximum absolute atomic E-state index is 13.3. The van der Waals surface area contributed by atoms with Crippen LogP contribution in [0.15, 0.2) is 24.3 Å². The van der Waals surface area contributed by atoms with Gasteiger partial charge in [0.2, 0.25) is 0 Å². The summed E-state index contributed by atoms with van der Waals surface area (Å²) in [5.74, 6) is -0.197. The summed E-state index contributed by atoms with van der Waals surface area (Å²) in [4.78, 5) is 0. The van der Waals surface area contributed by atoms with E-state index in [1.807, 2.05) is 24.7 Å². The van der Waals surface area contributed by atoms with Crippen LogP contribution in [0, 0.1) is 12.7 Å². The highest BCUT2D eigenvalue weighted by Crippen LogP contribution is 2.21. The van der Waals surface area contributed by atoms with Crippen LogP contribution in [0.5, 0.6) is 0 Å². The smallest absolute Gasteiger partial charge is 0.123 e. The zero-order valence-electron chi connectivity index (χ0n) is 12.7. The highest BCUT2D eigenvalue weighted by Gasteiger charge is 2.17. The van der Waals surface area contributed by atoms with Crippen molar-refractivity contribution >= 4 is 11.6 Å². The van der Waals surface area contributed by atoms with Gasteiger partial charge in [0.1, 0.15) is 5.82 Å². The molecule has 1 heterocycles. The third-order valence-corrected chi connectivity index (χ3v) is 4.06. The summed E-state index contributed by atoms with van der Waals surface area (Å²) in [6.07, 6.45) is 1.52. The van der Waals surface area contributed by atoms with E-state index >= 15 is 0 Å². The molecular weight excluding hydrogens is 289 g/mol. The number of rotatable bonds is 6. The van der Waals surface area contributed by atoms with Crippen LogP contribution in [-0.2, 0) is 19.9 Å². The minimum atomic E-state index is -0.197. The van der Waals surface area contributed by atoms with Crippen molar-refractivity contribution in [1.29, 1.82) is 0 Å². The minimum absolute atomic E-state index is 0.197. The van der Waals surface area contributed by atoms with Crippen molar-refractivity contribution in [3.8, 4) is 0 Å². The van der Waals surface area contributed by atoms with Crippen LogP contribution in [0.4, 0.5) is 4.39 Å². The summed E-state index contributed by atoms with van der Waals surface area (Å²) in [5.41, 5.74) is 2.84. The molecule has 2 aromatic rings. The third kappa shape index (κ3) is 4.05. The van der Waals surface area contributed by atoms with Gasteiger partial charge in [0.05, 0.1) is 16.4 Å². The molecule has 1 N–H and O–H groups in total. The fourth-order valence-corrected chi connectivity index (χ4v) is 2.83. The lowest BCUT2D eigenvalue weighted by Gasteiger charge is -2.18. The van der Waals surface area contributed by atoms with Crippen molar-refractivity contribution in [3.05, 3.63) is 52.1 Å². The van der Waals surface area contributed by atoms with Gasteiger partial charge in [0.25, 0.3) is 0 Å². The molecular formula is C16H21ClFN3. The quantitative estimate of drug-likeness (QED) is 0.887. The Morgan fingerprint density at radius 2 is 2.14 bits per heavy atom.